The van der Waals surface area contributed by atoms with Crippen molar-refractivity contribution in [3.05, 3.63) is 40.8 Å². The number of hydrogen-bond acceptors (Lipinski definition) is 4. The van der Waals surface area contributed by atoms with Crippen LogP contribution in [0.4, 0.5) is 0 Å². The molecule has 1 amide bonds. The fourth-order valence-corrected chi connectivity index (χ4v) is 2.09. The summed E-state index contributed by atoms with van der Waals surface area (Å²) in [6.07, 6.45) is 1.79. The summed E-state index contributed by atoms with van der Waals surface area (Å²) in [4.78, 5) is 29.5. The van der Waals surface area contributed by atoms with Gasteiger partial charge in [0.2, 0.25) is 5.91 Å². The minimum absolute atomic E-state index is 0.0851. The number of para-hydroxylation sites is 2. The van der Waals surface area contributed by atoms with E-state index in [2.05, 4.69) is 4.98 Å². The lowest BCUT2D eigenvalue weighted by Gasteiger charge is -2.16. The quantitative estimate of drug-likeness (QED) is 0.825. The maximum absolute atomic E-state index is 12.0. The van der Waals surface area contributed by atoms with Crippen LogP contribution in [0.15, 0.2) is 35.3 Å². The third kappa shape index (κ3) is 3.45. The van der Waals surface area contributed by atoms with Crippen LogP contribution in [0, 0.1) is 11.3 Å². The van der Waals surface area contributed by atoms with Crippen molar-refractivity contribution in [2.45, 2.75) is 19.4 Å². The molecule has 0 radical (unpaired) electrons. The minimum atomic E-state index is -0.221. The smallest absolute Gasteiger partial charge is 0.269 e. The van der Waals surface area contributed by atoms with E-state index >= 15 is 0 Å². The van der Waals surface area contributed by atoms with Gasteiger partial charge in [0.15, 0.2) is 0 Å². The van der Waals surface area contributed by atoms with Crippen LogP contribution in [0.3, 0.4) is 0 Å². The van der Waals surface area contributed by atoms with Gasteiger partial charge in [0.1, 0.15) is 0 Å². The predicted octanol–water partition coefficient (Wildman–Crippen LogP) is 1.16. The fourth-order valence-electron chi connectivity index (χ4n) is 2.09. The Bertz CT molecular complexity index is 745. The van der Waals surface area contributed by atoms with E-state index in [-0.39, 0.29) is 17.9 Å². The lowest BCUT2D eigenvalue weighted by Crippen LogP contribution is -2.30. The van der Waals surface area contributed by atoms with Crippen LogP contribution in [-0.2, 0) is 11.3 Å². The van der Waals surface area contributed by atoms with Gasteiger partial charge in [-0.05, 0) is 12.1 Å². The van der Waals surface area contributed by atoms with Crippen molar-refractivity contribution in [3.8, 4) is 6.07 Å². The van der Waals surface area contributed by atoms with E-state index in [4.69, 9.17) is 5.26 Å². The lowest BCUT2D eigenvalue weighted by atomic mass is 10.2. The first-order valence-corrected chi connectivity index (χ1v) is 6.69. The molecule has 2 rings (SSSR count). The average molecular weight is 284 g/mol. The molecule has 0 saturated heterocycles. The zero-order chi connectivity index (χ0) is 15.2. The van der Waals surface area contributed by atoms with E-state index in [0.29, 0.717) is 19.5 Å². The van der Waals surface area contributed by atoms with Gasteiger partial charge in [0, 0.05) is 26.6 Å². The second-order valence-electron chi connectivity index (χ2n) is 4.71. The molecule has 1 aromatic carbocycles. The molecule has 0 aliphatic carbocycles. The third-order valence-corrected chi connectivity index (χ3v) is 3.29. The Balaban J connectivity index is 2.14. The van der Waals surface area contributed by atoms with E-state index in [1.54, 1.807) is 11.6 Å². The summed E-state index contributed by atoms with van der Waals surface area (Å²) in [5, 5.41) is 8.52. The highest BCUT2D eigenvalue weighted by Gasteiger charge is 2.10. The molecule has 21 heavy (non-hydrogen) atoms. The number of fused-ring (bicyclic) bond motifs is 1. The largest absolute Gasteiger partial charge is 0.345 e. The zero-order valence-corrected chi connectivity index (χ0v) is 11.8. The number of amides is 1. The Labute approximate surface area is 122 Å². The van der Waals surface area contributed by atoms with Gasteiger partial charge in [-0.2, -0.15) is 5.26 Å². The van der Waals surface area contributed by atoms with Crippen LogP contribution >= 0.6 is 0 Å². The Kier molecular flexibility index (Phi) is 4.67. The number of rotatable bonds is 5. The van der Waals surface area contributed by atoms with Gasteiger partial charge in [0.25, 0.3) is 5.56 Å². The first-order valence-electron chi connectivity index (χ1n) is 6.69. The standard InChI is InChI=1S/C15H16N4O2/c1-18(9-4-8-16)14(20)7-10-19-13-6-3-2-5-12(13)17-11-15(19)21/h2-3,5-6,11H,4,7,9-10H2,1H3. The van der Waals surface area contributed by atoms with E-state index in [0.717, 1.165) is 11.0 Å². The van der Waals surface area contributed by atoms with Gasteiger partial charge in [-0.15, -0.1) is 0 Å². The predicted molar refractivity (Wildman–Crippen MR) is 78.5 cm³/mol. The number of carbonyl (C=O) groups excluding carboxylic acids is 1. The Morgan fingerprint density at radius 1 is 1.43 bits per heavy atom. The molecule has 1 heterocycles. The number of aryl methyl sites for hydroxylation is 1. The summed E-state index contributed by atoms with van der Waals surface area (Å²) in [6.45, 7) is 0.707. The normalized spacial score (nSPS) is 10.3. The van der Waals surface area contributed by atoms with Crippen LogP contribution < -0.4 is 5.56 Å². The fraction of sp³-hybridized carbons (Fsp3) is 0.333. The molecule has 0 N–H and O–H groups in total. The monoisotopic (exact) mass is 284 g/mol. The summed E-state index contributed by atoms with van der Waals surface area (Å²) >= 11 is 0. The van der Waals surface area contributed by atoms with Crippen LogP contribution in [-0.4, -0.2) is 34.0 Å². The summed E-state index contributed by atoms with van der Waals surface area (Å²) in [7, 11) is 1.66. The molecule has 6 nitrogen and oxygen atoms in total. The summed E-state index contributed by atoms with van der Waals surface area (Å²) < 4.78 is 1.55. The van der Waals surface area contributed by atoms with Crippen molar-refractivity contribution in [2.24, 2.45) is 0 Å². The van der Waals surface area contributed by atoms with Crippen LogP contribution in [0.5, 0.6) is 0 Å². The molecular weight excluding hydrogens is 268 g/mol. The second kappa shape index (κ2) is 6.66. The highest BCUT2D eigenvalue weighted by atomic mass is 16.2. The molecule has 0 saturated carbocycles. The van der Waals surface area contributed by atoms with E-state index < -0.39 is 0 Å². The van der Waals surface area contributed by atoms with Crippen molar-refractivity contribution in [2.75, 3.05) is 13.6 Å². The van der Waals surface area contributed by atoms with Crippen molar-refractivity contribution in [1.29, 1.82) is 5.26 Å². The molecular formula is C15H16N4O2. The van der Waals surface area contributed by atoms with Crippen molar-refractivity contribution < 1.29 is 4.79 Å². The minimum Gasteiger partial charge on any atom is -0.345 e. The maximum atomic E-state index is 12.0. The molecule has 2 aromatic rings. The number of benzene rings is 1. The number of carbonyl (C=O) groups is 1. The molecule has 0 fully saturated rings. The molecule has 0 unspecified atom stereocenters. The number of nitrogens with zero attached hydrogens (tertiary/aromatic N) is 4. The van der Waals surface area contributed by atoms with E-state index in [1.807, 2.05) is 30.3 Å². The number of nitriles is 1. The van der Waals surface area contributed by atoms with E-state index in [9.17, 15) is 9.59 Å². The molecule has 0 aliphatic rings. The van der Waals surface area contributed by atoms with Crippen molar-refractivity contribution in [3.63, 3.8) is 0 Å². The van der Waals surface area contributed by atoms with Gasteiger partial charge in [-0.25, -0.2) is 4.98 Å². The third-order valence-electron chi connectivity index (χ3n) is 3.29. The van der Waals surface area contributed by atoms with Gasteiger partial charge in [-0.1, -0.05) is 12.1 Å². The topological polar surface area (TPSA) is 79.0 Å². The molecule has 108 valence electrons. The molecule has 1 aromatic heterocycles. The molecule has 6 heteroatoms. The van der Waals surface area contributed by atoms with Crippen LogP contribution in [0.1, 0.15) is 12.8 Å². The molecule has 0 aliphatic heterocycles. The zero-order valence-electron chi connectivity index (χ0n) is 11.8. The number of hydrogen-bond donors (Lipinski definition) is 0. The lowest BCUT2D eigenvalue weighted by molar-refractivity contribution is -0.130. The Hall–Kier alpha value is -2.68. The van der Waals surface area contributed by atoms with Gasteiger partial charge in [-0.3, -0.25) is 9.59 Å². The summed E-state index contributed by atoms with van der Waals surface area (Å²) in [5.74, 6) is -0.0851. The SMILES string of the molecule is CN(CCC#N)C(=O)CCn1c(=O)cnc2ccccc21. The second-order valence-corrected chi connectivity index (χ2v) is 4.71. The first kappa shape index (κ1) is 14.7. The van der Waals surface area contributed by atoms with Crippen LogP contribution in [0.2, 0.25) is 0 Å². The first-order chi connectivity index (χ1) is 10.1. The van der Waals surface area contributed by atoms with E-state index in [1.165, 1.54) is 11.1 Å². The van der Waals surface area contributed by atoms with Crippen molar-refractivity contribution in [1.82, 2.24) is 14.5 Å². The molecule has 0 atom stereocenters. The average Bonchev–Trinajstić information content (AvgIpc) is 2.51. The summed E-state index contributed by atoms with van der Waals surface area (Å²) in [6, 6.07) is 9.33. The highest BCUT2D eigenvalue weighted by molar-refractivity contribution is 5.77. The molecule has 0 bridgehead atoms. The summed E-state index contributed by atoms with van der Waals surface area (Å²) in [5.41, 5.74) is 1.22. The van der Waals surface area contributed by atoms with Gasteiger partial charge >= 0.3 is 0 Å². The Morgan fingerprint density at radius 3 is 2.95 bits per heavy atom. The van der Waals surface area contributed by atoms with Crippen LogP contribution in [0.25, 0.3) is 11.0 Å². The highest BCUT2D eigenvalue weighted by Crippen LogP contribution is 2.09. The van der Waals surface area contributed by atoms with Gasteiger partial charge in [0.05, 0.1) is 29.7 Å². The maximum Gasteiger partial charge on any atom is 0.269 e. The number of aromatic nitrogens is 2. The van der Waals surface area contributed by atoms with Gasteiger partial charge < -0.3 is 9.47 Å². The molecule has 0 spiro atoms. The Morgan fingerprint density at radius 2 is 2.19 bits per heavy atom. The van der Waals surface area contributed by atoms with Crippen molar-refractivity contribution >= 4 is 16.9 Å².